The van der Waals surface area contributed by atoms with Crippen LogP contribution in [0, 0.1) is 13.8 Å². The Bertz CT molecular complexity index is 739. The lowest BCUT2D eigenvalue weighted by molar-refractivity contribution is 0.112. The fourth-order valence-corrected chi connectivity index (χ4v) is 2.93. The van der Waals surface area contributed by atoms with E-state index < -0.39 is 0 Å². The maximum absolute atomic E-state index is 11.0. The predicted molar refractivity (Wildman–Crippen MR) is 73.8 cm³/mol. The summed E-state index contributed by atoms with van der Waals surface area (Å²) in [4.78, 5) is 11.0. The summed E-state index contributed by atoms with van der Waals surface area (Å²) in [6, 6.07) is 8.16. The summed E-state index contributed by atoms with van der Waals surface area (Å²) in [6.07, 6.45) is 2.78. The second kappa shape index (κ2) is 4.07. The number of rotatable bonds is 2. The van der Waals surface area contributed by atoms with Gasteiger partial charge < -0.3 is 4.57 Å². The van der Waals surface area contributed by atoms with Gasteiger partial charge in [-0.15, -0.1) is 0 Å². The van der Waals surface area contributed by atoms with Crippen molar-refractivity contribution >= 4 is 27.9 Å². The first-order chi connectivity index (χ1) is 8.70. The minimum absolute atomic E-state index is 0.746. The van der Waals surface area contributed by atoms with Gasteiger partial charge in [0.05, 0.1) is 4.70 Å². The normalized spacial score (nSPS) is 11.0. The molecular weight excluding hydrogens is 244 g/mol. The average molecular weight is 256 g/mol. The molecule has 0 amide bonds. The van der Waals surface area contributed by atoms with Crippen LogP contribution in [0.1, 0.15) is 21.7 Å². The topological polar surface area (TPSA) is 34.9 Å². The molecule has 0 bridgehead atoms. The van der Waals surface area contributed by atoms with Crippen molar-refractivity contribution in [2.45, 2.75) is 13.8 Å². The number of benzene rings is 1. The minimum Gasteiger partial charge on any atom is -0.318 e. The van der Waals surface area contributed by atoms with Gasteiger partial charge in [-0.3, -0.25) is 4.79 Å². The third-order valence-electron chi connectivity index (χ3n) is 3.19. The molecule has 0 fully saturated rings. The van der Waals surface area contributed by atoms with E-state index in [1.807, 2.05) is 26.1 Å². The fraction of sp³-hybridized carbons (Fsp3) is 0.143. The number of fused-ring (bicyclic) bond motifs is 1. The molecule has 0 spiro atoms. The second-order valence-corrected chi connectivity index (χ2v) is 5.16. The van der Waals surface area contributed by atoms with Gasteiger partial charge >= 0.3 is 0 Å². The van der Waals surface area contributed by atoms with Gasteiger partial charge in [0, 0.05) is 34.2 Å². The van der Waals surface area contributed by atoms with Gasteiger partial charge in [0.1, 0.15) is 0 Å². The van der Waals surface area contributed by atoms with Crippen molar-refractivity contribution in [3.05, 3.63) is 47.4 Å². The van der Waals surface area contributed by atoms with Crippen LogP contribution in [0.4, 0.5) is 0 Å². The molecule has 2 aromatic heterocycles. The lowest BCUT2D eigenvalue weighted by atomic mass is 10.2. The number of aryl methyl sites for hydroxylation is 1. The lowest BCUT2D eigenvalue weighted by Crippen LogP contribution is -1.99. The fourth-order valence-electron chi connectivity index (χ4n) is 2.30. The molecule has 0 N–H and O–H groups in total. The van der Waals surface area contributed by atoms with Gasteiger partial charge in [-0.1, -0.05) is 0 Å². The zero-order valence-electron chi connectivity index (χ0n) is 10.2. The molecular formula is C14H12N2OS. The van der Waals surface area contributed by atoms with Crippen LogP contribution >= 0.6 is 11.5 Å². The summed E-state index contributed by atoms with van der Waals surface area (Å²) >= 11 is 1.49. The Balaban J connectivity index is 2.24. The second-order valence-electron chi connectivity index (χ2n) is 4.33. The Morgan fingerprint density at radius 2 is 2.11 bits per heavy atom. The molecule has 1 aromatic carbocycles. The zero-order valence-corrected chi connectivity index (χ0v) is 11.0. The molecule has 0 radical (unpaired) electrons. The van der Waals surface area contributed by atoms with Crippen LogP contribution in [-0.4, -0.2) is 15.2 Å². The third-order valence-corrected chi connectivity index (χ3v) is 3.97. The van der Waals surface area contributed by atoms with Crippen molar-refractivity contribution in [3.63, 3.8) is 0 Å². The van der Waals surface area contributed by atoms with Crippen molar-refractivity contribution in [3.8, 4) is 5.69 Å². The molecule has 4 heteroatoms. The molecule has 18 heavy (non-hydrogen) atoms. The van der Waals surface area contributed by atoms with Crippen LogP contribution in [0.5, 0.6) is 0 Å². The molecule has 90 valence electrons. The quantitative estimate of drug-likeness (QED) is 0.657. The van der Waals surface area contributed by atoms with E-state index in [2.05, 4.69) is 27.1 Å². The number of nitrogens with zero attached hydrogens (tertiary/aromatic N) is 2. The number of carbonyl (C=O) groups excluding carboxylic acids is 1. The van der Waals surface area contributed by atoms with Crippen LogP contribution in [0.15, 0.2) is 30.5 Å². The van der Waals surface area contributed by atoms with E-state index in [1.54, 1.807) is 0 Å². The molecule has 0 atom stereocenters. The van der Waals surface area contributed by atoms with Crippen molar-refractivity contribution < 1.29 is 4.79 Å². The van der Waals surface area contributed by atoms with E-state index in [1.165, 1.54) is 16.2 Å². The molecule has 0 aliphatic heterocycles. The smallest absolute Gasteiger partial charge is 0.151 e. The van der Waals surface area contributed by atoms with E-state index in [9.17, 15) is 4.79 Å². The Morgan fingerprint density at radius 1 is 1.28 bits per heavy atom. The number of aromatic nitrogens is 2. The highest BCUT2D eigenvalue weighted by Crippen LogP contribution is 2.25. The molecule has 0 saturated heterocycles. The zero-order chi connectivity index (χ0) is 12.7. The average Bonchev–Trinajstić information content (AvgIpc) is 2.93. The van der Waals surface area contributed by atoms with Gasteiger partial charge in [-0.25, -0.2) is 0 Å². The number of hydrogen-bond acceptors (Lipinski definition) is 3. The van der Waals surface area contributed by atoms with Gasteiger partial charge in [-0.2, -0.15) is 4.37 Å². The summed E-state index contributed by atoms with van der Waals surface area (Å²) in [6.45, 7) is 3.98. The maximum Gasteiger partial charge on any atom is 0.151 e. The first-order valence-corrected chi connectivity index (χ1v) is 6.47. The highest BCUT2D eigenvalue weighted by atomic mass is 32.1. The van der Waals surface area contributed by atoms with Crippen LogP contribution in [-0.2, 0) is 0 Å². The van der Waals surface area contributed by atoms with Gasteiger partial charge in [-0.05, 0) is 49.6 Å². The minimum atomic E-state index is 0.746. The number of aldehydes is 1. The van der Waals surface area contributed by atoms with E-state index in [0.717, 1.165) is 34.3 Å². The largest absolute Gasteiger partial charge is 0.318 e. The van der Waals surface area contributed by atoms with E-state index in [4.69, 9.17) is 0 Å². The van der Waals surface area contributed by atoms with Crippen molar-refractivity contribution in [1.29, 1.82) is 0 Å². The Hall–Kier alpha value is -1.94. The molecule has 3 aromatic rings. The van der Waals surface area contributed by atoms with Crippen molar-refractivity contribution in [1.82, 2.24) is 8.94 Å². The summed E-state index contributed by atoms with van der Waals surface area (Å²) in [5.74, 6) is 0. The van der Waals surface area contributed by atoms with Gasteiger partial charge in [0.2, 0.25) is 0 Å². The highest BCUT2D eigenvalue weighted by molar-refractivity contribution is 7.13. The molecule has 3 nitrogen and oxygen atoms in total. The standard InChI is InChI=1S/C14H12N2OS/c1-9-5-12(8-17)10(2)16(9)13-3-4-14-11(6-13)7-15-18-14/h3-8H,1-2H3. The van der Waals surface area contributed by atoms with Gasteiger partial charge in [0.15, 0.2) is 6.29 Å². The molecule has 0 unspecified atom stereocenters. The van der Waals surface area contributed by atoms with Crippen molar-refractivity contribution in [2.75, 3.05) is 0 Å². The number of hydrogen-bond donors (Lipinski definition) is 0. The summed E-state index contributed by atoms with van der Waals surface area (Å²) in [7, 11) is 0. The summed E-state index contributed by atoms with van der Waals surface area (Å²) < 4.78 is 7.45. The van der Waals surface area contributed by atoms with Crippen LogP contribution in [0.25, 0.3) is 15.8 Å². The first-order valence-electron chi connectivity index (χ1n) is 5.69. The SMILES string of the molecule is Cc1cc(C=O)c(C)n1-c1ccc2sncc2c1. The first kappa shape index (κ1) is 11.2. The molecule has 3 rings (SSSR count). The molecule has 0 aliphatic rings. The lowest BCUT2D eigenvalue weighted by Gasteiger charge is -2.09. The molecule has 2 heterocycles. The Labute approximate surface area is 109 Å². The third kappa shape index (κ3) is 1.57. The van der Waals surface area contributed by atoms with E-state index in [0.29, 0.717) is 0 Å². The number of carbonyl (C=O) groups is 1. The predicted octanol–water partition coefficient (Wildman–Crippen LogP) is 3.52. The van der Waals surface area contributed by atoms with Gasteiger partial charge in [0.25, 0.3) is 0 Å². The Kier molecular flexibility index (Phi) is 2.52. The summed E-state index contributed by atoms with van der Waals surface area (Å²) in [5, 5.41) is 1.14. The monoisotopic (exact) mass is 256 g/mol. The molecule has 0 aliphatic carbocycles. The summed E-state index contributed by atoms with van der Waals surface area (Å²) in [5.41, 5.74) is 3.86. The van der Waals surface area contributed by atoms with Crippen LogP contribution in [0.3, 0.4) is 0 Å². The maximum atomic E-state index is 11.0. The molecule has 0 saturated carbocycles. The highest BCUT2D eigenvalue weighted by Gasteiger charge is 2.10. The van der Waals surface area contributed by atoms with E-state index >= 15 is 0 Å². The van der Waals surface area contributed by atoms with Crippen molar-refractivity contribution in [2.24, 2.45) is 0 Å². The van der Waals surface area contributed by atoms with Crippen LogP contribution in [0.2, 0.25) is 0 Å². The Morgan fingerprint density at radius 3 is 2.83 bits per heavy atom. The van der Waals surface area contributed by atoms with Crippen LogP contribution < -0.4 is 0 Å². The van der Waals surface area contributed by atoms with E-state index in [-0.39, 0.29) is 0 Å².